The van der Waals surface area contributed by atoms with Crippen LogP contribution in [-0.2, 0) is 16.2 Å². The van der Waals surface area contributed by atoms with Crippen LogP contribution in [0.15, 0.2) is 71.8 Å². The van der Waals surface area contributed by atoms with Gasteiger partial charge in [-0.05, 0) is 35.4 Å². The predicted octanol–water partition coefficient (Wildman–Crippen LogP) is 4.16. The van der Waals surface area contributed by atoms with E-state index in [4.69, 9.17) is 21.1 Å². The lowest BCUT2D eigenvalue weighted by Gasteiger charge is -2.13. The molecule has 0 spiro atoms. The number of methoxy groups -OCH3 is 1. The summed E-state index contributed by atoms with van der Waals surface area (Å²) in [5, 5.41) is 6.18. The van der Waals surface area contributed by atoms with Gasteiger partial charge in [0.2, 0.25) is 0 Å². The van der Waals surface area contributed by atoms with Gasteiger partial charge in [0, 0.05) is 0 Å². The molecule has 2 amide bonds. The first kappa shape index (κ1) is 22.8. The van der Waals surface area contributed by atoms with Gasteiger partial charge < -0.3 is 14.8 Å². The minimum Gasteiger partial charge on any atom is -0.493 e. The Kier molecular flexibility index (Phi) is 7.77. The lowest BCUT2D eigenvalue weighted by Crippen LogP contribution is -2.32. The third-order valence-corrected chi connectivity index (χ3v) is 4.47. The molecular formula is C23H19ClFN3O4. The second kappa shape index (κ2) is 10.9. The fourth-order valence-corrected chi connectivity index (χ4v) is 2.92. The van der Waals surface area contributed by atoms with Crippen LogP contribution in [0.25, 0.3) is 0 Å². The van der Waals surface area contributed by atoms with E-state index in [1.165, 1.54) is 31.5 Å². The first-order valence-corrected chi connectivity index (χ1v) is 9.79. The summed E-state index contributed by atoms with van der Waals surface area (Å²) >= 11 is 6.32. The van der Waals surface area contributed by atoms with E-state index in [-0.39, 0.29) is 10.7 Å². The summed E-state index contributed by atoms with van der Waals surface area (Å²) in [6.45, 7) is 0.303. The number of hydrogen-bond donors (Lipinski definition) is 2. The van der Waals surface area contributed by atoms with E-state index in [2.05, 4.69) is 15.8 Å². The van der Waals surface area contributed by atoms with E-state index < -0.39 is 17.6 Å². The van der Waals surface area contributed by atoms with Gasteiger partial charge in [-0.1, -0.05) is 54.1 Å². The van der Waals surface area contributed by atoms with Gasteiger partial charge in [0.05, 0.1) is 24.0 Å². The van der Waals surface area contributed by atoms with E-state index in [9.17, 15) is 14.0 Å². The SMILES string of the molecule is COc1cc(/C=N\NC(=O)C(=O)Nc2ccccc2F)cc(Cl)c1OCc1ccccc1. The van der Waals surface area contributed by atoms with Crippen LogP contribution in [0.1, 0.15) is 11.1 Å². The molecule has 0 atom stereocenters. The van der Waals surface area contributed by atoms with Crippen LogP contribution in [0.3, 0.4) is 0 Å². The molecule has 0 aliphatic rings. The number of nitrogens with zero attached hydrogens (tertiary/aromatic N) is 1. The number of nitrogens with one attached hydrogen (secondary N) is 2. The normalized spacial score (nSPS) is 10.6. The zero-order valence-electron chi connectivity index (χ0n) is 17.0. The molecule has 3 aromatic rings. The van der Waals surface area contributed by atoms with Gasteiger partial charge in [-0.25, -0.2) is 9.82 Å². The van der Waals surface area contributed by atoms with Gasteiger partial charge in [0.1, 0.15) is 12.4 Å². The predicted molar refractivity (Wildman–Crippen MR) is 120 cm³/mol. The Morgan fingerprint density at radius 1 is 1.06 bits per heavy atom. The van der Waals surface area contributed by atoms with Crippen molar-refractivity contribution in [1.29, 1.82) is 0 Å². The number of anilines is 1. The average molecular weight is 456 g/mol. The maximum absolute atomic E-state index is 13.6. The van der Waals surface area contributed by atoms with Gasteiger partial charge in [0.25, 0.3) is 0 Å². The van der Waals surface area contributed by atoms with Crippen LogP contribution in [0.4, 0.5) is 10.1 Å². The van der Waals surface area contributed by atoms with Crippen molar-refractivity contribution < 1.29 is 23.5 Å². The third kappa shape index (κ3) is 6.05. The minimum atomic E-state index is -1.06. The van der Waals surface area contributed by atoms with Crippen LogP contribution in [0.5, 0.6) is 11.5 Å². The molecule has 0 aliphatic heterocycles. The Morgan fingerprint density at radius 3 is 2.50 bits per heavy atom. The quantitative estimate of drug-likeness (QED) is 0.318. The molecular weight excluding hydrogens is 437 g/mol. The molecule has 2 N–H and O–H groups in total. The van der Waals surface area contributed by atoms with Gasteiger partial charge in [0.15, 0.2) is 11.5 Å². The van der Waals surface area contributed by atoms with E-state index in [0.717, 1.165) is 11.6 Å². The average Bonchev–Trinajstić information content (AvgIpc) is 2.80. The summed E-state index contributed by atoms with van der Waals surface area (Å²) in [7, 11) is 1.47. The first-order chi connectivity index (χ1) is 15.5. The second-order valence-electron chi connectivity index (χ2n) is 6.44. The molecule has 0 bridgehead atoms. The second-order valence-corrected chi connectivity index (χ2v) is 6.85. The van der Waals surface area contributed by atoms with Crippen LogP contribution in [0.2, 0.25) is 5.02 Å². The van der Waals surface area contributed by atoms with E-state index in [1.54, 1.807) is 12.1 Å². The summed E-state index contributed by atoms with van der Waals surface area (Å²) in [6, 6.07) is 18.2. The Bertz CT molecular complexity index is 1140. The number of ether oxygens (including phenoxy) is 2. The molecule has 0 heterocycles. The monoisotopic (exact) mass is 455 g/mol. The molecule has 0 unspecified atom stereocenters. The Labute approximate surface area is 188 Å². The fourth-order valence-electron chi connectivity index (χ4n) is 2.64. The largest absolute Gasteiger partial charge is 0.493 e. The van der Waals surface area contributed by atoms with Crippen molar-refractivity contribution in [3.63, 3.8) is 0 Å². The molecule has 3 aromatic carbocycles. The highest BCUT2D eigenvalue weighted by Crippen LogP contribution is 2.36. The summed E-state index contributed by atoms with van der Waals surface area (Å²) in [5.74, 6) is -2.05. The molecule has 32 heavy (non-hydrogen) atoms. The molecule has 9 heteroatoms. The van der Waals surface area contributed by atoms with Crippen molar-refractivity contribution in [2.24, 2.45) is 5.10 Å². The molecule has 0 saturated carbocycles. The third-order valence-electron chi connectivity index (χ3n) is 4.19. The van der Waals surface area contributed by atoms with Gasteiger partial charge >= 0.3 is 11.8 Å². The summed E-state index contributed by atoms with van der Waals surface area (Å²) < 4.78 is 24.7. The van der Waals surface area contributed by atoms with Crippen molar-refractivity contribution in [2.45, 2.75) is 6.61 Å². The highest BCUT2D eigenvalue weighted by molar-refractivity contribution is 6.39. The lowest BCUT2D eigenvalue weighted by atomic mass is 10.2. The van der Waals surface area contributed by atoms with Crippen molar-refractivity contribution >= 4 is 35.3 Å². The maximum atomic E-state index is 13.6. The number of rotatable bonds is 7. The van der Waals surface area contributed by atoms with Crippen molar-refractivity contribution in [3.8, 4) is 11.5 Å². The molecule has 3 rings (SSSR count). The number of benzene rings is 3. The standard InChI is InChI=1S/C23H19ClFN3O4/c1-31-20-12-16(11-17(24)21(20)32-14-15-7-3-2-4-8-15)13-26-28-23(30)22(29)27-19-10-6-5-9-18(19)25/h2-13H,14H2,1H3,(H,27,29)(H,28,30)/b26-13-. The number of carbonyl (C=O) groups excluding carboxylic acids is 2. The number of hydrazone groups is 1. The molecule has 0 fully saturated rings. The van der Waals surface area contributed by atoms with Gasteiger partial charge in [-0.15, -0.1) is 0 Å². The highest BCUT2D eigenvalue weighted by atomic mass is 35.5. The number of hydrogen-bond acceptors (Lipinski definition) is 5. The molecule has 0 aromatic heterocycles. The molecule has 7 nitrogen and oxygen atoms in total. The van der Waals surface area contributed by atoms with Crippen LogP contribution in [0, 0.1) is 5.82 Å². The topological polar surface area (TPSA) is 89.0 Å². The fraction of sp³-hybridized carbons (Fsp3) is 0.0870. The number of amides is 2. The Balaban J connectivity index is 1.62. The molecule has 0 saturated heterocycles. The van der Waals surface area contributed by atoms with Crippen molar-refractivity contribution in [2.75, 3.05) is 12.4 Å². The van der Waals surface area contributed by atoms with Crippen molar-refractivity contribution in [1.82, 2.24) is 5.43 Å². The zero-order chi connectivity index (χ0) is 22.9. The summed E-state index contributed by atoms with van der Waals surface area (Å²) in [6.07, 6.45) is 1.28. The Hall–Kier alpha value is -3.91. The van der Waals surface area contributed by atoms with Crippen LogP contribution < -0.4 is 20.2 Å². The highest BCUT2D eigenvalue weighted by Gasteiger charge is 2.15. The molecule has 0 aliphatic carbocycles. The number of para-hydroxylation sites is 1. The zero-order valence-corrected chi connectivity index (χ0v) is 17.7. The number of halogens is 2. The van der Waals surface area contributed by atoms with E-state index in [0.29, 0.717) is 23.7 Å². The smallest absolute Gasteiger partial charge is 0.329 e. The van der Waals surface area contributed by atoms with Gasteiger partial charge in [-0.2, -0.15) is 5.10 Å². The van der Waals surface area contributed by atoms with Crippen LogP contribution in [-0.4, -0.2) is 25.1 Å². The first-order valence-electron chi connectivity index (χ1n) is 9.41. The Morgan fingerprint density at radius 2 is 1.78 bits per heavy atom. The lowest BCUT2D eigenvalue weighted by molar-refractivity contribution is -0.136. The minimum absolute atomic E-state index is 0.112. The summed E-state index contributed by atoms with van der Waals surface area (Å²) in [4.78, 5) is 23.8. The number of carbonyl (C=O) groups is 2. The van der Waals surface area contributed by atoms with Crippen molar-refractivity contribution in [3.05, 3.63) is 88.7 Å². The van der Waals surface area contributed by atoms with E-state index >= 15 is 0 Å². The maximum Gasteiger partial charge on any atom is 0.329 e. The van der Waals surface area contributed by atoms with Gasteiger partial charge in [-0.3, -0.25) is 9.59 Å². The molecule has 0 radical (unpaired) electrons. The van der Waals surface area contributed by atoms with E-state index in [1.807, 2.05) is 30.3 Å². The summed E-state index contributed by atoms with van der Waals surface area (Å²) in [5.41, 5.74) is 3.42. The molecule has 164 valence electrons. The van der Waals surface area contributed by atoms with Crippen LogP contribution >= 0.6 is 11.6 Å².